The molecule has 0 amide bonds. The fourth-order valence-corrected chi connectivity index (χ4v) is 0.986. The van der Waals surface area contributed by atoms with E-state index in [9.17, 15) is 9.90 Å². The highest BCUT2D eigenvalue weighted by Gasteiger charge is 2.07. The molecule has 0 unspecified atom stereocenters. The van der Waals surface area contributed by atoms with Gasteiger partial charge in [0.25, 0.3) is 0 Å². The molecular weight excluding hydrogens is 212 g/mol. The van der Waals surface area contributed by atoms with E-state index in [1.165, 1.54) is 31.4 Å². The summed E-state index contributed by atoms with van der Waals surface area (Å²) in [5, 5.41) is 9.29. The van der Waals surface area contributed by atoms with Gasteiger partial charge in [0.2, 0.25) is 0 Å². The summed E-state index contributed by atoms with van der Waals surface area (Å²) in [6.45, 7) is 3.45. The Bertz CT molecular complexity index is 386. The largest absolute Gasteiger partial charge is 0.514 e. The van der Waals surface area contributed by atoms with Crippen LogP contribution in [0.25, 0.3) is 0 Å². The molecule has 0 spiro atoms. The molecule has 0 heterocycles. The standard InChI is InChI=1S/C11H12O5/c1-3-4-15-11(13)16-10-6-8(12)5-9(7-10)14-2/h3,5-7,12H,1,4H2,2H3. The van der Waals surface area contributed by atoms with Crippen LogP contribution in [-0.2, 0) is 4.74 Å². The molecule has 0 fully saturated rings. The lowest BCUT2D eigenvalue weighted by atomic mass is 10.3. The van der Waals surface area contributed by atoms with Crippen molar-refractivity contribution in [3.05, 3.63) is 30.9 Å². The van der Waals surface area contributed by atoms with E-state index in [0.29, 0.717) is 5.75 Å². The van der Waals surface area contributed by atoms with Crippen molar-refractivity contribution < 1.29 is 24.1 Å². The summed E-state index contributed by atoms with van der Waals surface area (Å²) in [7, 11) is 1.44. The second-order valence-corrected chi connectivity index (χ2v) is 2.82. The molecule has 5 nitrogen and oxygen atoms in total. The maximum absolute atomic E-state index is 11.1. The predicted molar refractivity (Wildman–Crippen MR) is 56.8 cm³/mol. The minimum atomic E-state index is -0.868. The average Bonchev–Trinajstić information content (AvgIpc) is 2.25. The number of rotatable bonds is 4. The third kappa shape index (κ3) is 3.53. The minimum Gasteiger partial charge on any atom is -0.508 e. The summed E-state index contributed by atoms with van der Waals surface area (Å²) in [6.07, 6.45) is 0.553. The Morgan fingerprint density at radius 1 is 1.44 bits per heavy atom. The number of phenolic OH excluding ortho intramolecular Hbond substituents is 1. The van der Waals surface area contributed by atoms with Gasteiger partial charge in [0.15, 0.2) is 0 Å². The van der Waals surface area contributed by atoms with Crippen molar-refractivity contribution in [1.82, 2.24) is 0 Å². The van der Waals surface area contributed by atoms with Crippen LogP contribution in [0.2, 0.25) is 0 Å². The summed E-state index contributed by atoms with van der Waals surface area (Å²) < 4.78 is 14.3. The van der Waals surface area contributed by atoms with Gasteiger partial charge in [-0.05, 0) is 0 Å². The van der Waals surface area contributed by atoms with Gasteiger partial charge in [-0.3, -0.25) is 0 Å². The van der Waals surface area contributed by atoms with Gasteiger partial charge in [-0.1, -0.05) is 12.7 Å². The van der Waals surface area contributed by atoms with Crippen LogP contribution in [0.15, 0.2) is 30.9 Å². The second-order valence-electron chi connectivity index (χ2n) is 2.82. The number of hydrogen-bond donors (Lipinski definition) is 1. The van der Waals surface area contributed by atoms with Gasteiger partial charge < -0.3 is 19.3 Å². The number of carbonyl (C=O) groups excluding carboxylic acids is 1. The third-order valence-electron chi connectivity index (χ3n) is 1.62. The lowest BCUT2D eigenvalue weighted by Crippen LogP contribution is -2.10. The fraction of sp³-hybridized carbons (Fsp3) is 0.182. The summed E-state index contributed by atoms with van der Waals surface area (Å²) in [5.74, 6) is 0.461. The van der Waals surface area contributed by atoms with Crippen molar-refractivity contribution in [2.45, 2.75) is 0 Å². The molecule has 0 saturated carbocycles. The molecule has 1 aromatic rings. The van der Waals surface area contributed by atoms with Crippen LogP contribution in [0.4, 0.5) is 4.79 Å². The van der Waals surface area contributed by atoms with E-state index in [0.717, 1.165) is 0 Å². The maximum atomic E-state index is 11.1. The van der Waals surface area contributed by atoms with E-state index in [-0.39, 0.29) is 18.1 Å². The molecule has 16 heavy (non-hydrogen) atoms. The Morgan fingerprint density at radius 2 is 2.12 bits per heavy atom. The highest BCUT2D eigenvalue weighted by atomic mass is 16.7. The van der Waals surface area contributed by atoms with E-state index in [1.807, 2.05) is 0 Å². The van der Waals surface area contributed by atoms with E-state index < -0.39 is 6.16 Å². The SMILES string of the molecule is C=CCOC(=O)Oc1cc(O)cc(OC)c1. The highest BCUT2D eigenvalue weighted by molar-refractivity contribution is 5.64. The smallest absolute Gasteiger partial charge is 0.508 e. The number of carbonyl (C=O) groups is 1. The zero-order chi connectivity index (χ0) is 12.0. The molecule has 0 aliphatic rings. The van der Waals surface area contributed by atoms with Crippen molar-refractivity contribution >= 4 is 6.16 Å². The van der Waals surface area contributed by atoms with Crippen LogP contribution in [0.5, 0.6) is 17.2 Å². The number of hydrogen-bond acceptors (Lipinski definition) is 5. The van der Waals surface area contributed by atoms with Crippen molar-refractivity contribution in [3.8, 4) is 17.2 Å². The van der Waals surface area contributed by atoms with Gasteiger partial charge >= 0.3 is 6.16 Å². The summed E-state index contributed by atoms with van der Waals surface area (Å²) in [5.41, 5.74) is 0. The molecule has 5 heteroatoms. The van der Waals surface area contributed by atoms with Crippen LogP contribution < -0.4 is 9.47 Å². The number of aromatic hydroxyl groups is 1. The first-order valence-corrected chi connectivity index (χ1v) is 4.49. The van der Waals surface area contributed by atoms with E-state index in [4.69, 9.17) is 9.47 Å². The van der Waals surface area contributed by atoms with Crippen LogP contribution >= 0.6 is 0 Å². The van der Waals surface area contributed by atoms with Gasteiger partial charge in [0.1, 0.15) is 23.9 Å². The summed E-state index contributed by atoms with van der Waals surface area (Å²) >= 11 is 0. The van der Waals surface area contributed by atoms with Crippen molar-refractivity contribution in [2.75, 3.05) is 13.7 Å². The lowest BCUT2D eigenvalue weighted by molar-refractivity contribution is 0.109. The third-order valence-corrected chi connectivity index (χ3v) is 1.62. The molecule has 86 valence electrons. The molecule has 0 radical (unpaired) electrons. The number of ether oxygens (including phenoxy) is 3. The molecule has 0 aliphatic carbocycles. The van der Waals surface area contributed by atoms with Crippen molar-refractivity contribution in [1.29, 1.82) is 0 Å². The zero-order valence-electron chi connectivity index (χ0n) is 8.80. The average molecular weight is 224 g/mol. The first-order valence-electron chi connectivity index (χ1n) is 4.49. The molecule has 0 atom stereocenters. The first-order chi connectivity index (χ1) is 7.65. The first kappa shape index (κ1) is 11.9. The monoisotopic (exact) mass is 224 g/mol. The molecule has 0 aromatic heterocycles. The van der Waals surface area contributed by atoms with Crippen LogP contribution in [0, 0.1) is 0 Å². The van der Waals surface area contributed by atoms with Gasteiger partial charge in [-0.2, -0.15) is 0 Å². The summed E-state index contributed by atoms with van der Waals surface area (Å²) in [6, 6.07) is 4.12. The normalized spacial score (nSPS) is 9.31. The maximum Gasteiger partial charge on any atom is 0.514 e. The van der Waals surface area contributed by atoms with Crippen LogP contribution in [0.1, 0.15) is 0 Å². The Labute approximate surface area is 92.9 Å². The Hall–Kier alpha value is -2.17. The van der Waals surface area contributed by atoms with Gasteiger partial charge in [-0.25, -0.2) is 4.79 Å². The Morgan fingerprint density at radius 3 is 2.75 bits per heavy atom. The Balaban J connectivity index is 2.69. The molecule has 1 rings (SSSR count). The van der Waals surface area contributed by atoms with Crippen LogP contribution in [0.3, 0.4) is 0 Å². The zero-order valence-corrected chi connectivity index (χ0v) is 8.80. The van der Waals surface area contributed by atoms with Gasteiger partial charge in [-0.15, -0.1) is 0 Å². The number of benzene rings is 1. The molecule has 1 aromatic carbocycles. The minimum absolute atomic E-state index is 0.0640. The van der Waals surface area contributed by atoms with Crippen LogP contribution in [-0.4, -0.2) is 25.0 Å². The molecule has 0 saturated heterocycles. The fourth-order valence-electron chi connectivity index (χ4n) is 0.986. The van der Waals surface area contributed by atoms with Crippen molar-refractivity contribution in [2.24, 2.45) is 0 Å². The second kappa shape index (κ2) is 5.65. The van der Waals surface area contributed by atoms with E-state index in [1.54, 1.807) is 0 Å². The van der Waals surface area contributed by atoms with Gasteiger partial charge in [0, 0.05) is 18.2 Å². The number of methoxy groups -OCH3 is 1. The van der Waals surface area contributed by atoms with Gasteiger partial charge in [0.05, 0.1) is 7.11 Å². The topological polar surface area (TPSA) is 65.0 Å². The quantitative estimate of drug-likeness (QED) is 0.482. The molecule has 1 N–H and O–H groups in total. The molecular formula is C11H12O5. The molecule has 0 aliphatic heterocycles. The summed E-state index contributed by atoms with van der Waals surface area (Å²) in [4.78, 5) is 11.1. The van der Waals surface area contributed by atoms with E-state index >= 15 is 0 Å². The van der Waals surface area contributed by atoms with Crippen molar-refractivity contribution in [3.63, 3.8) is 0 Å². The highest BCUT2D eigenvalue weighted by Crippen LogP contribution is 2.26. The Kier molecular flexibility index (Phi) is 4.20. The van der Waals surface area contributed by atoms with E-state index in [2.05, 4.69) is 11.3 Å². The molecule has 0 bridgehead atoms. The number of phenols is 1. The lowest BCUT2D eigenvalue weighted by Gasteiger charge is -2.06. The predicted octanol–water partition coefficient (Wildman–Crippen LogP) is 2.10.